The third kappa shape index (κ3) is 3.14. The van der Waals surface area contributed by atoms with Crippen LogP contribution in [0.25, 0.3) is 34.0 Å². The van der Waals surface area contributed by atoms with Crippen LogP contribution in [-0.4, -0.2) is 21.3 Å². The summed E-state index contributed by atoms with van der Waals surface area (Å²) in [5.41, 5.74) is 3.88. The average Bonchev–Trinajstić information content (AvgIpc) is 3.36. The lowest BCUT2D eigenvalue weighted by molar-refractivity contribution is 0.276. The van der Waals surface area contributed by atoms with Crippen LogP contribution in [0.3, 0.4) is 0 Å². The molecule has 0 aliphatic rings. The zero-order chi connectivity index (χ0) is 18.6. The predicted octanol–water partition coefficient (Wildman–Crippen LogP) is 4.34. The summed E-state index contributed by atoms with van der Waals surface area (Å²) in [6.07, 6.45) is 1.71. The molecule has 27 heavy (non-hydrogen) atoms. The van der Waals surface area contributed by atoms with Crippen LogP contribution in [0.15, 0.2) is 77.5 Å². The SMILES string of the molecule is N#Cc1ccccc1-c1ccc(-c2c(-c3ccccc3)ncn2CCO)o1. The Kier molecular flexibility index (Phi) is 4.56. The van der Waals surface area contributed by atoms with Gasteiger partial charge in [0, 0.05) is 17.7 Å². The van der Waals surface area contributed by atoms with Crippen LogP contribution in [0, 0.1) is 11.3 Å². The molecule has 0 saturated heterocycles. The van der Waals surface area contributed by atoms with E-state index in [2.05, 4.69) is 11.1 Å². The Morgan fingerprint density at radius 3 is 2.48 bits per heavy atom. The van der Waals surface area contributed by atoms with Gasteiger partial charge >= 0.3 is 0 Å². The topological polar surface area (TPSA) is 75.0 Å². The van der Waals surface area contributed by atoms with E-state index in [0.717, 1.165) is 22.5 Å². The number of aliphatic hydroxyl groups excluding tert-OH is 1. The number of hydrogen-bond donors (Lipinski definition) is 1. The Morgan fingerprint density at radius 2 is 1.70 bits per heavy atom. The van der Waals surface area contributed by atoms with E-state index >= 15 is 0 Å². The van der Waals surface area contributed by atoms with Crippen LogP contribution < -0.4 is 0 Å². The molecule has 0 unspecified atom stereocenters. The number of aromatic nitrogens is 2. The minimum atomic E-state index is 0.00240. The first-order chi connectivity index (χ1) is 13.3. The summed E-state index contributed by atoms with van der Waals surface area (Å²) in [7, 11) is 0. The number of furan rings is 1. The first-order valence-electron chi connectivity index (χ1n) is 8.63. The zero-order valence-electron chi connectivity index (χ0n) is 14.5. The van der Waals surface area contributed by atoms with Gasteiger partial charge < -0.3 is 14.1 Å². The largest absolute Gasteiger partial charge is 0.454 e. The predicted molar refractivity (Wildman–Crippen MR) is 103 cm³/mol. The van der Waals surface area contributed by atoms with Gasteiger partial charge in [0.25, 0.3) is 0 Å². The molecule has 0 aliphatic heterocycles. The van der Waals surface area contributed by atoms with Crippen molar-refractivity contribution in [2.24, 2.45) is 0 Å². The van der Waals surface area contributed by atoms with E-state index in [1.807, 2.05) is 65.2 Å². The number of aliphatic hydroxyl groups is 1. The Balaban J connectivity index is 1.84. The van der Waals surface area contributed by atoms with E-state index in [0.29, 0.717) is 23.6 Å². The quantitative estimate of drug-likeness (QED) is 0.578. The van der Waals surface area contributed by atoms with Crippen LogP contribution in [-0.2, 0) is 6.54 Å². The molecule has 132 valence electrons. The first-order valence-corrected chi connectivity index (χ1v) is 8.63. The number of imidazole rings is 1. The Labute approximate surface area is 156 Å². The van der Waals surface area contributed by atoms with E-state index in [4.69, 9.17) is 4.42 Å². The number of nitrogens with zero attached hydrogens (tertiary/aromatic N) is 3. The second-order valence-corrected chi connectivity index (χ2v) is 6.05. The maximum atomic E-state index is 9.41. The lowest BCUT2D eigenvalue weighted by Crippen LogP contribution is -2.02. The lowest BCUT2D eigenvalue weighted by Gasteiger charge is -2.07. The molecular formula is C22H17N3O2. The molecule has 0 aliphatic carbocycles. The molecule has 1 N–H and O–H groups in total. The van der Waals surface area contributed by atoms with Gasteiger partial charge in [0.2, 0.25) is 0 Å². The maximum Gasteiger partial charge on any atom is 0.153 e. The number of rotatable bonds is 5. The molecular weight excluding hydrogens is 338 g/mol. The van der Waals surface area contributed by atoms with Crippen LogP contribution >= 0.6 is 0 Å². The third-order valence-electron chi connectivity index (χ3n) is 4.38. The highest BCUT2D eigenvalue weighted by atomic mass is 16.3. The molecule has 2 heterocycles. The highest BCUT2D eigenvalue weighted by molar-refractivity contribution is 5.78. The molecule has 0 amide bonds. The first kappa shape index (κ1) is 16.8. The highest BCUT2D eigenvalue weighted by Crippen LogP contribution is 2.35. The number of nitriles is 1. The summed E-state index contributed by atoms with van der Waals surface area (Å²) in [6, 6.07) is 23.1. The fourth-order valence-electron chi connectivity index (χ4n) is 3.13. The third-order valence-corrected chi connectivity index (χ3v) is 4.38. The molecule has 4 rings (SSSR count). The molecule has 0 radical (unpaired) electrons. The van der Waals surface area contributed by atoms with Gasteiger partial charge in [-0.05, 0) is 24.3 Å². The number of benzene rings is 2. The zero-order valence-corrected chi connectivity index (χ0v) is 14.5. The van der Waals surface area contributed by atoms with Crippen molar-refractivity contribution in [3.05, 3.63) is 78.6 Å². The fraction of sp³-hybridized carbons (Fsp3) is 0.0909. The number of hydrogen-bond acceptors (Lipinski definition) is 4. The highest BCUT2D eigenvalue weighted by Gasteiger charge is 2.19. The summed E-state index contributed by atoms with van der Waals surface area (Å²) in [5, 5.41) is 18.8. The molecule has 0 atom stereocenters. The van der Waals surface area contributed by atoms with E-state index in [-0.39, 0.29) is 6.61 Å². The van der Waals surface area contributed by atoms with Gasteiger partial charge in [-0.15, -0.1) is 0 Å². The molecule has 0 fully saturated rings. The molecule has 0 bridgehead atoms. The molecule has 4 aromatic rings. The summed E-state index contributed by atoms with van der Waals surface area (Å²) in [6.45, 7) is 0.419. The lowest BCUT2D eigenvalue weighted by atomic mass is 10.1. The Bertz CT molecular complexity index is 1100. The summed E-state index contributed by atoms with van der Waals surface area (Å²) in [5.74, 6) is 1.26. The summed E-state index contributed by atoms with van der Waals surface area (Å²) >= 11 is 0. The minimum absolute atomic E-state index is 0.00240. The van der Waals surface area contributed by atoms with Crippen LogP contribution in [0.1, 0.15) is 5.56 Å². The van der Waals surface area contributed by atoms with Crippen LogP contribution in [0.2, 0.25) is 0 Å². The fourth-order valence-corrected chi connectivity index (χ4v) is 3.13. The summed E-state index contributed by atoms with van der Waals surface area (Å²) < 4.78 is 7.99. The molecule has 0 saturated carbocycles. The van der Waals surface area contributed by atoms with Crippen molar-refractivity contribution in [2.45, 2.75) is 6.54 Å². The minimum Gasteiger partial charge on any atom is -0.454 e. The van der Waals surface area contributed by atoms with E-state index in [1.54, 1.807) is 12.4 Å². The molecule has 2 aromatic heterocycles. The standard InChI is InChI=1S/C22H17N3O2/c23-14-17-8-4-5-9-18(17)19-10-11-20(27-19)22-21(16-6-2-1-3-7-16)24-15-25(22)12-13-26/h1-11,15,26H,12-13H2. The van der Waals surface area contributed by atoms with Crippen molar-refractivity contribution in [3.8, 4) is 40.1 Å². The van der Waals surface area contributed by atoms with Gasteiger partial charge in [-0.2, -0.15) is 5.26 Å². The average molecular weight is 355 g/mol. The van der Waals surface area contributed by atoms with Gasteiger partial charge in [-0.3, -0.25) is 0 Å². The van der Waals surface area contributed by atoms with Crippen LogP contribution in [0.5, 0.6) is 0 Å². The van der Waals surface area contributed by atoms with Crippen molar-refractivity contribution in [2.75, 3.05) is 6.61 Å². The molecule has 2 aromatic carbocycles. The smallest absolute Gasteiger partial charge is 0.153 e. The van der Waals surface area contributed by atoms with E-state index in [1.165, 1.54) is 0 Å². The van der Waals surface area contributed by atoms with E-state index in [9.17, 15) is 10.4 Å². The molecule has 0 spiro atoms. The van der Waals surface area contributed by atoms with Gasteiger partial charge in [0.15, 0.2) is 5.76 Å². The van der Waals surface area contributed by atoms with Gasteiger partial charge in [0.05, 0.1) is 30.3 Å². The van der Waals surface area contributed by atoms with Gasteiger partial charge in [-0.1, -0.05) is 42.5 Å². The Morgan fingerprint density at radius 1 is 0.963 bits per heavy atom. The van der Waals surface area contributed by atoms with Crippen molar-refractivity contribution >= 4 is 0 Å². The van der Waals surface area contributed by atoms with Crippen molar-refractivity contribution in [1.82, 2.24) is 9.55 Å². The normalized spacial score (nSPS) is 10.7. The second-order valence-electron chi connectivity index (χ2n) is 6.05. The molecule has 5 heteroatoms. The second kappa shape index (κ2) is 7.32. The van der Waals surface area contributed by atoms with E-state index < -0.39 is 0 Å². The molecule has 5 nitrogen and oxygen atoms in total. The monoisotopic (exact) mass is 355 g/mol. The Hall–Kier alpha value is -3.62. The van der Waals surface area contributed by atoms with Crippen molar-refractivity contribution in [1.29, 1.82) is 5.26 Å². The summed E-state index contributed by atoms with van der Waals surface area (Å²) in [4.78, 5) is 4.54. The van der Waals surface area contributed by atoms with Crippen molar-refractivity contribution in [3.63, 3.8) is 0 Å². The van der Waals surface area contributed by atoms with Gasteiger partial charge in [-0.25, -0.2) is 4.98 Å². The van der Waals surface area contributed by atoms with Crippen molar-refractivity contribution < 1.29 is 9.52 Å². The maximum absolute atomic E-state index is 9.41. The van der Waals surface area contributed by atoms with Crippen LogP contribution in [0.4, 0.5) is 0 Å². The van der Waals surface area contributed by atoms with Gasteiger partial charge in [0.1, 0.15) is 11.5 Å².